The van der Waals surface area contributed by atoms with Crippen LogP contribution in [0.2, 0.25) is 0 Å². The fourth-order valence-electron chi connectivity index (χ4n) is 2.44. The molecule has 1 unspecified atom stereocenters. The average Bonchev–Trinajstić information content (AvgIpc) is 2.79. The van der Waals surface area contributed by atoms with Crippen molar-refractivity contribution >= 4 is 17.5 Å². The number of aryl methyl sites for hydroxylation is 1. The second kappa shape index (κ2) is 9.23. The second-order valence-corrected chi connectivity index (χ2v) is 6.59. The number of nitrogens with zero attached hydrogens (tertiary/aromatic N) is 3. The Kier molecular flexibility index (Phi) is 5.26. The van der Waals surface area contributed by atoms with Gasteiger partial charge in [0, 0.05) is 11.7 Å². The van der Waals surface area contributed by atoms with Crippen LogP contribution in [0, 0.1) is 11.8 Å². The first-order chi connectivity index (χ1) is 14.8. The van der Waals surface area contributed by atoms with Crippen LogP contribution in [0.3, 0.4) is 0 Å². The number of rotatable bonds is 8. The van der Waals surface area contributed by atoms with E-state index in [1.54, 1.807) is 12.3 Å². The fraction of sp³-hybridized carbons (Fsp3) is 0.190. The van der Waals surface area contributed by atoms with Crippen LogP contribution in [0.15, 0.2) is 71.1 Å². The van der Waals surface area contributed by atoms with Crippen molar-refractivity contribution in [3.63, 3.8) is 0 Å². The molecule has 28 heavy (non-hydrogen) atoms. The molecular weight excluding hydrogens is 374 g/mol. The molecule has 0 aliphatic heterocycles. The van der Waals surface area contributed by atoms with Crippen LogP contribution in [0.4, 0.5) is 0 Å². The first-order valence-electron chi connectivity index (χ1n) is 9.86. The van der Waals surface area contributed by atoms with E-state index in [0.29, 0.717) is 5.75 Å². The summed E-state index contributed by atoms with van der Waals surface area (Å²) in [5.74, 6) is -0.548. The number of ketones is 1. The van der Waals surface area contributed by atoms with E-state index in [2.05, 4.69) is 15.1 Å². The Hall–Kier alpha value is -3.06. The van der Waals surface area contributed by atoms with Crippen molar-refractivity contribution in [3.8, 4) is 5.75 Å². The lowest BCUT2D eigenvalue weighted by atomic mass is 10.0. The number of carbonyl (C=O) groups excluding carboxylic acids is 1. The van der Waals surface area contributed by atoms with Gasteiger partial charge in [-0.15, -0.1) is 4.91 Å². The summed E-state index contributed by atoms with van der Waals surface area (Å²) in [6.07, 6.45) is 1.15. The Morgan fingerprint density at radius 2 is 2.11 bits per heavy atom. The molecule has 0 bridgehead atoms. The van der Waals surface area contributed by atoms with Gasteiger partial charge in [0.15, 0.2) is 17.0 Å². The summed E-state index contributed by atoms with van der Waals surface area (Å²) in [6.45, 7) is 2.09. The van der Waals surface area contributed by atoms with Crippen molar-refractivity contribution in [1.82, 2.24) is 9.97 Å². The summed E-state index contributed by atoms with van der Waals surface area (Å²) >= 11 is 1.06. The number of thioether (sulfide) groups is 1. The van der Waals surface area contributed by atoms with Gasteiger partial charge in [-0.1, -0.05) is 59.4 Å². The van der Waals surface area contributed by atoms with Crippen LogP contribution in [-0.2, 0) is 6.61 Å². The smallest absolute Gasteiger partial charge is 0.197 e. The summed E-state index contributed by atoms with van der Waals surface area (Å²) in [7, 11) is 0. The highest BCUT2D eigenvalue weighted by molar-refractivity contribution is 7.98. The third kappa shape index (κ3) is 4.61. The summed E-state index contributed by atoms with van der Waals surface area (Å²) in [4.78, 5) is 32.6. The monoisotopic (exact) mass is 396 g/mol. The summed E-state index contributed by atoms with van der Waals surface area (Å²) in [6, 6.07) is 10.7. The van der Waals surface area contributed by atoms with Crippen molar-refractivity contribution in [2.24, 2.45) is 5.18 Å². The average molecular weight is 396 g/mol. The molecule has 7 heteroatoms. The van der Waals surface area contributed by atoms with Crippen LogP contribution in [0.5, 0.6) is 5.75 Å². The van der Waals surface area contributed by atoms with Gasteiger partial charge in [-0.3, -0.25) is 4.79 Å². The first-order valence-corrected chi connectivity index (χ1v) is 9.59. The minimum absolute atomic E-state index is 0.0125. The van der Waals surface area contributed by atoms with E-state index >= 15 is 0 Å². The summed E-state index contributed by atoms with van der Waals surface area (Å²) in [5, 5.41) is 2.78. The van der Waals surface area contributed by atoms with Crippen molar-refractivity contribution in [2.45, 2.75) is 24.7 Å². The van der Waals surface area contributed by atoms with Crippen molar-refractivity contribution < 1.29 is 13.6 Å². The number of ether oxygens (including phenoxy) is 1. The molecule has 0 aliphatic carbocycles. The van der Waals surface area contributed by atoms with Gasteiger partial charge in [-0.25, -0.2) is 9.97 Å². The lowest BCUT2D eigenvalue weighted by Crippen LogP contribution is -2.13. The molecule has 0 saturated heterocycles. The summed E-state index contributed by atoms with van der Waals surface area (Å²) in [5.41, 5.74) is 1.20. The molecule has 1 aromatic heterocycles. The zero-order chi connectivity index (χ0) is 22.6. The molecule has 6 nitrogen and oxygen atoms in total. The molecular formula is C21H19N3O3S. The predicted molar refractivity (Wildman–Crippen MR) is 109 cm³/mol. The Morgan fingerprint density at radius 3 is 2.82 bits per heavy atom. The molecule has 0 radical (unpaired) electrons. The molecule has 3 aromatic rings. The van der Waals surface area contributed by atoms with E-state index in [0.717, 1.165) is 22.9 Å². The van der Waals surface area contributed by atoms with Crippen LogP contribution in [0.1, 0.15) is 37.3 Å². The highest BCUT2D eigenvalue weighted by Gasteiger charge is 2.25. The highest BCUT2D eigenvalue weighted by atomic mass is 32.2. The largest absolute Gasteiger partial charge is 0.489 e. The lowest BCUT2D eigenvalue weighted by Gasteiger charge is -2.13. The van der Waals surface area contributed by atoms with Gasteiger partial charge in [0.2, 0.25) is 0 Å². The van der Waals surface area contributed by atoms with E-state index in [1.807, 2.05) is 37.3 Å². The third-order valence-electron chi connectivity index (χ3n) is 3.93. The van der Waals surface area contributed by atoms with Crippen LogP contribution in [-0.4, -0.2) is 22.0 Å². The molecule has 0 amide bonds. The van der Waals surface area contributed by atoms with Crippen molar-refractivity contribution in [3.05, 3.63) is 88.0 Å². The van der Waals surface area contributed by atoms with E-state index < -0.39 is 29.7 Å². The number of carbonyl (C=O) groups is 1. The highest BCUT2D eigenvalue weighted by Crippen LogP contribution is 2.26. The quantitative estimate of drug-likeness (QED) is 0.236. The van der Waals surface area contributed by atoms with E-state index in [-0.39, 0.29) is 17.3 Å². The fourth-order valence-corrected chi connectivity index (χ4v) is 2.76. The number of benzene rings is 2. The van der Waals surface area contributed by atoms with Crippen LogP contribution < -0.4 is 4.74 Å². The Balaban J connectivity index is 1.97. The molecule has 0 fully saturated rings. The topological polar surface area (TPSA) is 81.5 Å². The number of aromatic nitrogens is 2. The van der Waals surface area contributed by atoms with E-state index in [4.69, 9.17) is 8.85 Å². The maximum Gasteiger partial charge on any atom is 0.197 e. The van der Waals surface area contributed by atoms with Gasteiger partial charge >= 0.3 is 0 Å². The van der Waals surface area contributed by atoms with Gasteiger partial charge in [0.25, 0.3) is 0 Å². The van der Waals surface area contributed by atoms with Gasteiger partial charge in [0.05, 0.1) is 9.81 Å². The van der Waals surface area contributed by atoms with Gasteiger partial charge in [-0.2, -0.15) is 0 Å². The maximum absolute atomic E-state index is 13.2. The maximum atomic E-state index is 13.2. The minimum atomic E-state index is -2.73. The van der Waals surface area contributed by atoms with Crippen molar-refractivity contribution in [2.75, 3.05) is 6.26 Å². The molecule has 1 atom stereocenters. The molecule has 0 aliphatic rings. The van der Waals surface area contributed by atoms with Crippen molar-refractivity contribution in [1.29, 1.82) is 0 Å². The predicted octanol–water partition coefficient (Wildman–Crippen LogP) is 4.78. The Bertz CT molecular complexity index is 1130. The standard InChI is InChI=1S/C21H19N3O3S/c1-14-8-9-16(12-18(14)27-13-15-6-4-3-5-7-15)20(25)19(24-26)17-10-11-22-21(23-17)28-2/h3-12,19H,13H2,1-2H3/i10D,11D,19D. The minimum Gasteiger partial charge on any atom is -0.489 e. The molecule has 3 rings (SSSR count). The van der Waals surface area contributed by atoms with Gasteiger partial charge in [0.1, 0.15) is 12.4 Å². The Labute approximate surface area is 171 Å². The number of hydrogen-bond acceptors (Lipinski definition) is 7. The van der Waals surface area contributed by atoms with Gasteiger partial charge in [-0.05, 0) is 36.4 Å². The zero-order valence-corrected chi connectivity index (χ0v) is 16.1. The third-order valence-corrected chi connectivity index (χ3v) is 4.48. The van der Waals surface area contributed by atoms with Gasteiger partial charge < -0.3 is 4.74 Å². The molecule has 0 spiro atoms. The SMILES string of the molecule is [2H]c1nc(SC)nc(C([2H])(N=O)C(=O)c2ccc(C)c(OCc3ccccc3)c2)c1[2H]. The van der Waals surface area contributed by atoms with Crippen LogP contribution in [0.25, 0.3) is 0 Å². The lowest BCUT2D eigenvalue weighted by molar-refractivity contribution is 0.0959. The van der Waals surface area contributed by atoms with E-state index in [9.17, 15) is 9.70 Å². The number of nitroso groups, excluding NO2 is 1. The molecule has 1 heterocycles. The summed E-state index contributed by atoms with van der Waals surface area (Å²) < 4.78 is 30.1. The normalized spacial score (nSPS) is 14.3. The molecule has 0 N–H and O–H groups in total. The first kappa shape index (κ1) is 15.9. The Morgan fingerprint density at radius 1 is 1.32 bits per heavy atom. The second-order valence-electron chi connectivity index (χ2n) is 5.82. The molecule has 2 aromatic carbocycles. The zero-order valence-electron chi connectivity index (χ0n) is 18.3. The van der Waals surface area contributed by atoms with E-state index in [1.165, 1.54) is 12.1 Å². The number of hydrogen-bond donors (Lipinski definition) is 0. The van der Waals surface area contributed by atoms with Crippen LogP contribution >= 0.6 is 11.8 Å². The molecule has 142 valence electrons. The number of Topliss-reactive ketones (excluding diaryl/α,β-unsaturated/α-hetero) is 1. The molecule has 0 saturated carbocycles.